The summed E-state index contributed by atoms with van der Waals surface area (Å²) in [6.07, 6.45) is 15.7. The number of unbranched alkanes of at least 4 members (excludes halogenated alkanes) is 11. The largest absolute Gasteiger partial charge is 0.325 e. The Morgan fingerprint density at radius 3 is 1.65 bits per heavy atom. The molecule has 0 heterocycles. The summed E-state index contributed by atoms with van der Waals surface area (Å²) in [6.45, 7) is 4.29. The quantitative estimate of drug-likeness (QED) is 0.222. The Morgan fingerprint density at radius 1 is 0.850 bits per heavy atom. The van der Waals surface area contributed by atoms with Gasteiger partial charge in [-0.05, 0) is 6.42 Å². The van der Waals surface area contributed by atoms with Crippen molar-refractivity contribution in [2.75, 3.05) is 13.3 Å². The van der Waals surface area contributed by atoms with E-state index in [9.17, 15) is 4.57 Å². The SMILES string of the molecule is CCCCCCCCCCCCCCOP(C)(=O)C=N. The van der Waals surface area contributed by atoms with Crippen LogP contribution in [0, 0.1) is 5.41 Å². The fourth-order valence-corrected chi connectivity index (χ4v) is 2.79. The minimum Gasteiger partial charge on any atom is -0.325 e. The first-order valence-corrected chi connectivity index (χ1v) is 10.5. The van der Waals surface area contributed by atoms with E-state index in [0.717, 1.165) is 18.8 Å². The molecule has 1 atom stereocenters. The molecular formula is C16H34NO2P. The minimum atomic E-state index is -2.71. The monoisotopic (exact) mass is 303 g/mol. The molecule has 4 heteroatoms. The molecule has 0 aromatic heterocycles. The van der Waals surface area contributed by atoms with Crippen molar-refractivity contribution < 1.29 is 9.09 Å². The van der Waals surface area contributed by atoms with Crippen LogP contribution in [-0.2, 0) is 9.09 Å². The van der Waals surface area contributed by atoms with E-state index in [0.29, 0.717) is 6.61 Å². The average molecular weight is 303 g/mol. The first-order chi connectivity index (χ1) is 9.62. The van der Waals surface area contributed by atoms with E-state index in [1.54, 1.807) is 0 Å². The Balaban J connectivity index is 3.10. The Labute approximate surface area is 125 Å². The third-order valence-corrected chi connectivity index (χ3v) is 4.74. The second-order valence-corrected chi connectivity index (χ2v) is 8.09. The molecular weight excluding hydrogens is 269 g/mol. The van der Waals surface area contributed by atoms with Crippen LogP contribution in [0.3, 0.4) is 0 Å². The lowest BCUT2D eigenvalue weighted by Gasteiger charge is -2.07. The first-order valence-electron chi connectivity index (χ1n) is 8.36. The summed E-state index contributed by atoms with van der Waals surface area (Å²) in [5.74, 6) is 0.938. The molecule has 3 nitrogen and oxygen atoms in total. The number of hydrogen-bond donors (Lipinski definition) is 1. The third-order valence-electron chi connectivity index (χ3n) is 3.58. The van der Waals surface area contributed by atoms with Gasteiger partial charge in [-0.15, -0.1) is 0 Å². The molecule has 0 saturated heterocycles. The third kappa shape index (κ3) is 14.3. The summed E-state index contributed by atoms with van der Waals surface area (Å²) in [6, 6.07) is 0. The molecule has 0 aliphatic rings. The van der Waals surface area contributed by atoms with Crippen LogP contribution in [0.25, 0.3) is 0 Å². The van der Waals surface area contributed by atoms with Crippen LogP contribution in [0.1, 0.15) is 84.0 Å². The van der Waals surface area contributed by atoms with Crippen LogP contribution < -0.4 is 0 Å². The molecule has 0 rings (SSSR count). The predicted octanol–water partition coefficient (Wildman–Crippen LogP) is 6.22. The van der Waals surface area contributed by atoms with Crippen molar-refractivity contribution in [3.05, 3.63) is 0 Å². The molecule has 0 spiro atoms. The van der Waals surface area contributed by atoms with Crippen molar-refractivity contribution in [1.29, 1.82) is 5.41 Å². The van der Waals surface area contributed by atoms with Crippen LogP contribution in [0.15, 0.2) is 0 Å². The summed E-state index contributed by atoms with van der Waals surface area (Å²) >= 11 is 0. The maximum absolute atomic E-state index is 11.4. The normalized spacial score (nSPS) is 14.1. The van der Waals surface area contributed by atoms with E-state index in [1.165, 1.54) is 70.9 Å². The molecule has 20 heavy (non-hydrogen) atoms. The topological polar surface area (TPSA) is 50.2 Å². The lowest BCUT2D eigenvalue weighted by molar-refractivity contribution is 0.313. The van der Waals surface area contributed by atoms with E-state index in [2.05, 4.69) is 6.92 Å². The van der Waals surface area contributed by atoms with Gasteiger partial charge in [-0.1, -0.05) is 77.6 Å². The number of hydrogen-bond acceptors (Lipinski definition) is 3. The molecule has 0 aromatic carbocycles. The van der Waals surface area contributed by atoms with Gasteiger partial charge < -0.3 is 9.93 Å². The summed E-state index contributed by atoms with van der Waals surface area (Å²) in [7, 11) is -2.71. The summed E-state index contributed by atoms with van der Waals surface area (Å²) in [5.41, 5.74) is 0. The zero-order valence-corrected chi connectivity index (χ0v) is 14.4. The molecule has 1 N–H and O–H groups in total. The summed E-state index contributed by atoms with van der Waals surface area (Å²) < 4.78 is 16.6. The predicted molar refractivity (Wildman–Crippen MR) is 89.3 cm³/mol. The van der Waals surface area contributed by atoms with Gasteiger partial charge in [-0.3, -0.25) is 4.57 Å². The Morgan fingerprint density at radius 2 is 1.25 bits per heavy atom. The molecule has 0 amide bonds. The zero-order valence-electron chi connectivity index (χ0n) is 13.5. The molecule has 0 aliphatic carbocycles. The summed E-state index contributed by atoms with van der Waals surface area (Å²) in [5, 5.41) is 6.96. The number of nitrogens with one attached hydrogen (secondary N) is 1. The molecule has 120 valence electrons. The number of rotatable bonds is 15. The van der Waals surface area contributed by atoms with Gasteiger partial charge in [0, 0.05) is 6.66 Å². The molecule has 0 fully saturated rings. The highest BCUT2D eigenvalue weighted by Gasteiger charge is 2.09. The van der Waals surface area contributed by atoms with Gasteiger partial charge in [0.15, 0.2) is 0 Å². The van der Waals surface area contributed by atoms with Gasteiger partial charge in [0.1, 0.15) is 0 Å². The first kappa shape index (κ1) is 19.9. The van der Waals surface area contributed by atoms with E-state index >= 15 is 0 Å². The Bertz CT molecular complexity index is 269. The Kier molecular flexibility index (Phi) is 13.7. The highest BCUT2D eigenvalue weighted by molar-refractivity contribution is 7.73. The van der Waals surface area contributed by atoms with E-state index in [1.807, 2.05) is 0 Å². The van der Waals surface area contributed by atoms with Gasteiger partial charge in [-0.2, -0.15) is 0 Å². The minimum absolute atomic E-state index is 0.528. The summed E-state index contributed by atoms with van der Waals surface area (Å²) in [4.78, 5) is 0. The van der Waals surface area contributed by atoms with Gasteiger partial charge in [-0.25, -0.2) is 0 Å². The van der Waals surface area contributed by atoms with E-state index in [-0.39, 0.29) is 0 Å². The smallest absolute Gasteiger partial charge is 0.239 e. The van der Waals surface area contributed by atoms with Crippen LogP contribution in [-0.4, -0.2) is 19.2 Å². The lowest BCUT2D eigenvalue weighted by Crippen LogP contribution is -1.93. The van der Waals surface area contributed by atoms with Crippen molar-refractivity contribution in [2.24, 2.45) is 0 Å². The molecule has 0 radical (unpaired) electrons. The second-order valence-electron chi connectivity index (χ2n) is 5.76. The van der Waals surface area contributed by atoms with Crippen molar-refractivity contribution in [1.82, 2.24) is 0 Å². The highest BCUT2D eigenvalue weighted by atomic mass is 31.2. The van der Waals surface area contributed by atoms with Crippen molar-refractivity contribution in [3.8, 4) is 0 Å². The maximum Gasteiger partial charge on any atom is 0.239 e. The average Bonchev–Trinajstić information content (AvgIpc) is 2.44. The standard InChI is InChI=1S/C16H34NO2P/c1-3-4-5-6-7-8-9-10-11-12-13-14-15-19-20(2,18)16-17/h16-17H,3-15H2,1-2H3. The molecule has 0 aliphatic heterocycles. The van der Waals surface area contributed by atoms with Gasteiger partial charge in [0.05, 0.1) is 12.6 Å². The zero-order chi connectivity index (χ0) is 15.1. The van der Waals surface area contributed by atoms with E-state index < -0.39 is 7.37 Å². The Hall–Kier alpha value is -0.140. The fraction of sp³-hybridized carbons (Fsp3) is 0.938. The highest BCUT2D eigenvalue weighted by Crippen LogP contribution is 2.38. The van der Waals surface area contributed by atoms with Gasteiger partial charge in [0.2, 0.25) is 7.37 Å². The fourth-order valence-electron chi connectivity index (χ4n) is 2.23. The second kappa shape index (κ2) is 13.8. The van der Waals surface area contributed by atoms with Crippen LogP contribution in [0.4, 0.5) is 0 Å². The van der Waals surface area contributed by atoms with E-state index in [4.69, 9.17) is 9.93 Å². The van der Waals surface area contributed by atoms with Crippen LogP contribution in [0.2, 0.25) is 0 Å². The van der Waals surface area contributed by atoms with Crippen LogP contribution >= 0.6 is 7.37 Å². The molecule has 0 aromatic rings. The van der Waals surface area contributed by atoms with Gasteiger partial charge >= 0.3 is 0 Å². The molecule has 0 bridgehead atoms. The molecule has 1 unspecified atom stereocenters. The van der Waals surface area contributed by atoms with Gasteiger partial charge in [0.25, 0.3) is 0 Å². The van der Waals surface area contributed by atoms with Crippen molar-refractivity contribution >= 4 is 13.3 Å². The van der Waals surface area contributed by atoms with Crippen LogP contribution in [0.5, 0.6) is 0 Å². The molecule has 0 saturated carbocycles. The maximum atomic E-state index is 11.4. The van der Waals surface area contributed by atoms with Crippen molar-refractivity contribution in [3.63, 3.8) is 0 Å². The lowest BCUT2D eigenvalue weighted by atomic mass is 10.1. The van der Waals surface area contributed by atoms with Crippen molar-refractivity contribution in [2.45, 2.75) is 84.0 Å².